The van der Waals surface area contributed by atoms with E-state index in [-0.39, 0.29) is 30.2 Å². The van der Waals surface area contributed by atoms with Crippen molar-refractivity contribution in [2.45, 2.75) is 32.8 Å². The minimum absolute atomic E-state index is 0.103. The van der Waals surface area contributed by atoms with Crippen LogP contribution in [0.2, 0.25) is 0 Å². The second kappa shape index (κ2) is 10.8. The summed E-state index contributed by atoms with van der Waals surface area (Å²) in [5, 5.41) is 2.94. The molecule has 0 spiro atoms. The van der Waals surface area contributed by atoms with Crippen LogP contribution in [0.1, 0.15) is 34.5 Å². The third-order valence-corrected chi connectivity index (χ3v) is 6.60. The lowest BCUT2D eigenvalue weighted by molar-refractivity contribution is -0.117. The van der Waals surface area contributed by atoms with Crippen molar-refractivity contribution in [3.05, 3.63) is 90.0 Å². The Morgan fingerprint density at radius 1 is 1.08 bits per heavy atom. The van der Waals surface area contributed by atoms with Crippen molar-refractivity contribution in [1.82, 2.24) is 14.5 Å². The lowest BCUT2D eigenvalue weighted by atomic mass is 10.1. The van der Waals surface area contributed by atoms with E-state index in [9.17, 15) is 9.59 Å². The number of hydrogen-bond donors (Lipinski definition) is 1. The maximum Gasteiger partial charge on any atom is 0.290 e. The highest BCUT2D eigenvalue weighted by molar-refractivity contribution is 5.97. The van der Waals surface area contributed by atoms with Gasteiger partial charge in [-0.2, -0.15) is 0 Å². The summed E-state index contributed by atoms with van der Waals surface area (Å²) in [6.07, 6.45) is 5.04. The molecule has 1 unspecified atom stereocenters. The van der Waals surface area contributed by atoms with Crippen molar-refractivity contribution in [2.24, 2.45) is 0 Å². The molecule has 1 atom stereocenters. The standard InChI is InChI=1S/C29H30N4O4/c1-20-12-13-23(16-21(20)2)33-18-25(22-8-4-3-5-9-22)30-29(33)31-27(34)19-32(17-24-10-6-14-36-24)28(35)26-11-7-15-37-26/h3-5,7-9,11-13,15-16,18,24H,6,10,14,17,19H2,1-2H3,(H,30,31,34). The number of nitrogens with zero attached hydrogens (tertiary/aromatic N) is 3. The van der Waals surface area contributed by atoms with Gasteiger partial charge in [-0.05, 0) is 62.1 Å². The third kappa shape index (κ3) is 5.65. The minimum Gasteiger partial charge on any atom is -0.459 e. The number of amides is 2. The summed E-state index contributed by atoms with van der Waals surface area (Å²) in [7, 11) is 0. The van der Waals surface area contributed by atoms with E-state index in [1.807, 2.05) is 53.2 Å². The van der Waals surface area contributed by atoms with Gasteiger partial charge in [0.15, 0.2) is 5.76 Å². The van der Waals surface area contributed by atoms with Crippen LogP contribution in [0.5, 0.6) is 0 Å². The van der Waals surface area contributed by atoms with Gasteiger partial charge in [-0.1, -0.05) is 36.4 Å². The number of carbonyl (C=O) groups excluding carboxylic acids is 2. The first kappa shape index (κ1) is 24.5. The number of carbonyl (C=O) groups is 2. The SMILES string of the molecule is Cc1ccc(-n2cc(-c3ccccc3)nc2NC(=O)CN(CC2CCCO2)C(=O)c2ccco2)cc1C. The van der Waals surface area contributed by atoms with Crippen LogP contribution in [0.3, 0.4) is 0 Å². The van der Waals surface area contributed by atoms with Crippen molar-refractivity contribution in [3.8, 4) is 16.9 Å². The van der Waals surface area contributed by atoms with Gasteiger partial charge in [0.2, 0.25) is 11.9 Å². The number of aryl methyl sites for hydroxylation is 2. The molecular weight excluding hydrogens is 468 g/mol. The van der Waals surface area contributed by atoms with Gasteiger partial charge in [0.25, 0.3) is 5.91 Å². The van der Waals surface area contributed by atoms with Gasteiger partial charge in [0.1, 0.15) is 6.54 Å². The fraction of sp³-hybridized carbons (Fsp3) is 0.276. The summed E-state index contributed by atoms with van der Waals surface area (Å²) < 4.78 is 12.9. The average Bonchev–Trinajstić information content (AvgIpc) is 3.68. The molecule has 0 bridgehead atoms. The van der Waals surface area contributed by atoms with E-state index in [0.29, 0.717) is 19.1 Å². The largest absolute Gasteiger partial charge is 0.459 e. The fourth-order valence-corrected chi connectivity index (χ4v) is 4.44. The monoisotopic (exact) mass is 498 g/mol. The number of nitrogens with one attached hydrogen (secondary N) is 1. The summed E-state index contributed by atoms with van der Waals surface area (Å²) in [6, 6.07) is 19.2. The number of aromatic nitrogens is 2. The first-order chi connectivity index (χ1) is 18.0. The first-order valence-corrected chi connectivity index (χ1v) is 12.4. The molecule has 0 saturated carbocycles. The van der Waals surface area contributed by atoms with E-state index in [4.69, 9.17) is 14.1 Å². The summed E-state index contributed by atoms with van der Waals surface area (Å²) >= 11 is 0. The predicted octanol–water partition coefficient (Wildman–Crippen LogP) is 5.01. The Labute approximate surface area is 215 Å². The molecule has 0 radical (unpaired) electrons. The molecule has 37 heavy (non-hydrogen) atoms. The summed E-state index contributed by atoms with van der Waals surface area (Å²) in [6.45, 7) is 4.93. The average molecular weight is 499 g/mol. The Morgan fingerprint density at radius 3 is 2.62 bits per heavy atom. The zero-order chi connectivity index (χ0) is 25.8. The predicted molar refractivity (Wildman–Crippen MR) is 141 cm³/mol. The quantitative estimate of drug-likeness (QED) is 0.369. The molecular formula is C29H30N4O4. The van der Waals surface area contributed by atoms with Crippen LogP contribution < -0.4 is 5.32 Å². The normalized spacial score (nSPS) is 15.0. The molecule has 4 aromatic rings. The molecule has 5 rings (SSSR count). The number of furan rings is 1. The fourth-order valence-electron chi connectivity index (χ4n) is 4.44. The van der Waals surface area contributed by atoms with Crippen molar-refractivity contribution in [3.63, 3.8) is 0 Å². The zero-order valence-corrected chi connectivity index (χ0v) is 21.0. The lowest BCUT2D eigenvalue weighted by Crippen LogP contribution is -2.42. The van der Waals surface area contributed by atoms with Crippen LogP contribution in [0.25, 0.3) is 16.9 Å². The van der Waals surface area contributed by atoms with E-state index in [1.165, 1.54) is 16.7 Å². The van der Waals surface area contributed by atoms with Crippen LogP contribution in [0, 0.1) is 13.8 Å². The Morgan fingerprint density at radius 2 is 1.92 bits per heavy atom. The molecule has 190 valence electrons. The van der Waals surface area contributed by atoms with Crippen LogP contribution in [0.4, 0.5) is 5.95 Å². The van der Waals surface area contributed by atoms with Crippen molar-refractivity contribution >= 4 is 17.8 Å². The molecule has 3 heterocycles. The van der Waals surface area contributed by atoms with Crippen LogP contribution in [-0.2, 0) is 9.53 Å². The summed E-state index contributed by atoms with van der Waals surface area (Å²) in [5.41, 5.74) is 4.87. The van der Waals surface area contributed by atoms with Gasteiger partial charge in [0.05, 0.1) is 18.1 Å². The van der Waals surface area contributed by atoms with E-state index >= 15 is 0 Å². The molecule has 0 aliphatic carbocycles. The number of anilines is 1. The van der Waals surface area contributed by atoms with Gasteiger partial charge in [-0.25, -0.2) is 4.98 Å². The first-order valence-electron chi connectivity index (χ1n) is 12.4. The Kier molecular flexibility index (Phi) is 7.18. The molecule has 1 fully saturated rings. The summed E-state index contributed by atoms with van der Waals surface area (Å²) in [5.74, 6) is -0.130. The molecule has 2 amide bonds. The smallest absolute Gasteiger partial charge is 0.290 e. The van der Waals surface area contributed by atoms with Crippen LogP contribution in [0.15, 0.2) is 77.5 Å². The molecule has 1 aliphatic rings. The highest BCUT2D eigenvalue weighted by Crippen LogP contribution is 2.25. The molecule has 2 aromatic carbocycles. The topological polar surface area (TPSA) is 89.6 Å². The Bertz CT molecular complexity index is 1370. The highest BCUT2D eigenvalue weighted by atomic mass is 16.5. The second-order valence-corrected chi connectivity index (χ2v) is 9.30. The van der Waals surface area contributed by atoms with Gasteiger partial charge in [0, 0.05) is 30.6 Å². The maximum absolute atomic E-state index is 13.3. The molecule has 1 N–H and O–H groups in total. The number of rotatable bonds is 8. The molecule has 2 aromatic heterocycles. The van der Waals surface area contributed by atoms with Gasteiger partial charge >= 0.3 is 0 Å². The van der Waals surface area contributed by atoms with Gasteiger partial charge in [-0.3, -0.25) is 19.5 Å². The second-order valence-electron chi connectivity index (χ2n) is 9.30. The van der Waals surface area contributed by atoms with Crippen molar-refractivity contribution in [1.29, 1.82) is 0 Å². The number of benzene rings is 2. The molecule has 8 heteroatoms. The van der Waals surface area contributed by atoms with Crippen LogP contribution in [-0.4, -0.2) is 52.1 Å². The Balaban J connectivity index is 1.42. The van der Waals surface area contributed by atoms with Gasteiger partial charge < -0.3 is 14.1 Å². The van der Waals surface area contributed by atoms with E-state index < -0.39 is 0 Å². The third-order valence-electron chi connectivity index (χ3n) is 6.60. The lowest BCUT2D eigenvalue weighted by Gasteiger charge is -2.24. The van der Waals surface area contributed by atoms with Crippen molar-refractivity contribution in [2.75, 3.05) is 25.0 Å². The molecule has 1 saturated heterocycles. The van der Waals surface area contributed by atoms with Gasteiger partial charge in [-0.15, -0.1) is 0 Å². The highest BCUT2D eigenvalue weighted by Gasteiger charge is 2.27. The van der Waals surface area contributed by atoms with E-state index in [0.717, 1.165) is 35.3 Å². The minimum atomic E-state index is -0.354. The molecule has 1 aliphatic heterocycles. The number of ether oxygens (including phenoxy) is 1. The zero-order valence-electron chi connectivity index (χ0n) is 21.0. The van der Waals surface area contributed by atoms with E-state index in [2.05, 4.69) is 25.2 Å². The number of hydrogen-bond acceptors (Lipinski definition) is 5. The van der Waals surface area contributed by atoms with Crippen LogP contribution >= 0.6 is 0 Å². The van der Waals surface area contributed by atoms with E-state index in [1.54, 1.807) is 12.1 Å². The maximum atomic E-state index is 13.3. The summed E-state index contributed by atoms with van der Waals surface area (Å²) in [4.78, 5) is 32.6. The number of imidazole rings is 1. The Hall–Kier alpha value is -4.17. The molecule has 8 nitrogen and oxygen atoms in total. The van der Waals surface area contributed by atoms with Crippen molar-refractivity contribution < 1.29 is 18.7 Å².